The van der Waals surface area contributed by atoms with E-state index in [2.05, 4.69) is 41.5 Å². The van der Waals surface area contributed by atoms with Crippen molar-refractivity contribution in [1.29, 1.82) is 0 Å². The summed E-state index contributed by atoms with van der Waals surface area (Å²) in [6.45, 7) is 14.8. The van der Waals surface area contributed by atoms with E-state index in [1.165, 1.54) is 44.9 Å². The summed E-state index contributed by atoms with van der Waals surface area (Å²) >= 11 is 0. The second kappa shape index (κ2) is 6.38. The first kappa shape index (κ1) is 17.8. The summed E-state index contributed by atoms with van der Waals surface area (Å²) < 4.78 is 0. The van der Waals surface area contributed by atoms with Gasteiger partial charge in [0.25, 0.3) is 0 Å². The van der Waals surface area contributed by atoms with Crippen LogP contribution in [0.1, 0.15) is 99.3 Å². The highest BCUT2D eigenvalue weighted by atomic mass is 14.9. The number of unbranched alkanes of at least 4 members (excludes halogenated alkanes) is 2. The molecule has 3 rings (SSSR count). The Morgan fingerprint density at radius 3 is 2.30 bits per heavy atom. The van der Waals surface area contributed by atoms with Crippen LogP contribution in [0.4, 0.5) is 0 Å². The first-order valence-electron chi connectivity index (χ1n) is 10.9. The van der Waals surface area contributed by atoms with Gasteiger partial charge in [-0.3, -0.25) is 0 Å². The second-order valence-electron chi connectivity index (χ2n) is 10.3. The summed E-state index contributed by atoms with van der Waals surface area (Å²) in [5.74, 6) is 6.38. The molecule has 7 unspecified atom stereocenters. The monoisotopic (exact) mass is 318 g/mol. The molecule has 0 amide bonds. The Hall–Kier alpha value is 0. The zero-order chi connectivity index (χ0) is 16.8. The maximum atomic E-state index is 2.53. The van der Waals surface area contributed by atoms with Gasteiger partial charge in [0.05, 0.1) is 0 Å². The summed E-state index contributed by atoms with van der Waals surface area (Å²) in [5.41, 5.74) is 1.43. The predicted octanol–water partition coefficient (Wildman–Crippen LogP) is 7.33. The zero-order valence-corrected chi connectivity index (χ0v) is 16.8. The van der Waals surface area contributed by atoms with Gasteiger partial charge in [-0.1, -0.05) is 80.1 Å². The fraction of sp³-hybridized carbons (Fsp3) is 1.00. The Morgan fingerprint density at radius 1 is 1.00 bits per heavy atom. The van der Waals surface area contributed by atoms with E-state index in [1.54, 1.807) is 12.8 Å². The van der Waals surface area contributed by atoms with Crippen LogP contribution in [-0.4, -0.2) is 0 Å². The van der Waals surface area contributed by atoms with E-state index in [9.17, 15) is 0 Å². The van der Waals surface area contributed by atoms with Gasteiger partial charge in [-0.05, 0) is 65.6 Å². The molecule has 0 N–H and O–H groups in total. The first-order chi connectivity index (χ1) is 10.9. The second-order valence-corrected chi connectivity index (χ2v) is 10.3. The van der Waals surface area contributed by atoms with Crippen LogP contribution in [0, 0.1) is 46.3 Å². The molecule has 23 heavy (non-hydrogen) atoms. The third-order valence-corrected chi connectivity index (χ3v) is 8.91. The van der Waals surface area contributed by atoms with Gasteiger partial charge in [-0.25, -0.2) is 0 Å². The molecule has 3 fully saturated rings. The van der Waals surface area contributed by atoms with Crippen molar-refractivity contribution in [3.05, 3.63) is 0 Å². The van der Waals surface area contributed by atoms with E-state index in [0.29, 0.717) is 5.41 Å². The number of fused-ring (bicyclic) bond motifs is 1. The van der Waals surface area contributed by atoms with Gasteiger partial charge in [0, 0.05) is 0 Å². The molecule has 0 aromatic rings. The van der Waals surface area contributed by atoms with Crippen molar-refractivity contribution in [2.75, 3.05) is 0 Å². The molecule has 0 aromatic carbocycles. The molecule has 3 saturated carbocycles. The van der Waals surface area contributed by atoms with Crippen molar-refractivity contribution in [3.63, 3.8) is 0 Å². The molecule has 0 aliphatic heterocycles. The van der Waals surface area contributed by atoms with Gasteiger partial charge >= 0.3 is 0 Å². The molecular formula is C23H42. The average molecular weight is 319 g/mol. The van der Waals surface area contributed by atoms with Crippen molar-refractivity contribution >= 4 is 0 Å². The lowest BCUT2D eigenvalue weighted by atomic mass is 9.75. The number of rotatable bonds is 11. The van der Waals surface area contributed by atoms with Crippen molar-refractivity contribution in [2.24, 2.45) is 46.3 Å². The third kappa shape index (κ3) is 3.13. The van der Waals surface area contributed by atoms with Crippen LogP contribution in [0.2, 0.25) is 0 Å². The molecule has 0 bridgehead atoms. The molecule has 7 atom stereocenters. The van der Waals surface area contributed by atoms with E-state index >= 15 is 0 Å². The van der Waals surface area contributed by atoms with Gasteiger partial charge < -0.3 is 0 Å². The highest BCUT2D eigenvalue weighted by Crippen LogP contribution is 2.88. The van der Waals surface area contributed by atoms with Crippen LogP contribution in [0.3, 0.4) is 0 Å². The quantitative estimate of drug-likeness (QED) is 0.350. The van der Waals surface area contributed by atoms with Crippen LogP contribution in [0.15, 0.2) is 0 Å². The van der Waals surface area contributed by atoms with Gasteiger partial charge in [-0.15, -0.1) is 0 Å². The lowest BCUT2D eigenvalue weighted by molar-refractivity contribution is 0.198. The highest BCUT2D eigenvalue weighted by Gasteiger charge is 2.81. The Bertz CT molecular complexity index is 408. The average Bonchev–Trinajstić information content (AvgIpc) is 3.40. The number of hydrogen-bond acceptors (Lipinski definition) is 0. The summed E-state index contributed by atoms with van der Waals surface area (Å²) in [4.78, 5) is 0. The minimum absolute atomic E-state index is 0.619. The molecule has 0 spiro atoms. The molecule has 0 heteroatoms. The minimum Gasteiger partial charge on any atom is -0.0651 e. The van der Waals surface area contributed by atoms with E-state index < -0.39 is 0 Å². The molecule has 0 radical (unpaired) electrons. The van der Waals surface area contributed by atoms with Gasteiger partial charge in [-0.2, -0.15) is 0 Å². The standard InChI is InChI=1S/C23H42/c1-7-16(3)18-14-19(18)17(4)12-10-9-11-13-20-21-15-23(20,21)22(5,6)8-2/h16-21H,7-15H2,1-6H3. The largest absolute Gasteiger partial charge is 0.0651 e. The lowest BCUT2D eigenvalue weighted by Gasteiger charge is -2.29. The normalized spacial score (nSPS) is 40.4. The van der Waals surface area contributed by atoms with Crippen LogP contribution >= 0.6 is 0 Å². The van der Waals surface area contributed by atoms with Crippen molar-refractivity contribution in [2.45, 2.75) is 99.3 Å². The van der Waals surface area contributed by atoms with E-state index in [-0.39, 0.29) is 0 Å². The highest BCUT2D eigenvalue weighted by molar-refractivity contribution is 5.29. The Balaban J connectivity index is 1.25. The molecule has 3 aliphatic carbocycles. The molecule has 134 valence electrons. The van der Waals surface area contributed by atoms with Gasteiger partial charge in [0.1, 0.15) is 0 Å². The summed E-state index contributed by atoms with van der Waals surface area (Å²) in [7, 11) is 0. The third-order valence-electron chi connectivity index (χ3n) is 8.91. The first-order valence-corrected chi connectivity index (χ1v) is 10.9. The Kier molecular flexibility index (Phi) is 4.94. The molecular weight excluding hydrogens is 276 g/mol. The van der Waals surface area contributed by atoms with Crippen LogP contribution in [0.25, 0.3) is 0 Å². The zero-order valence-electron chi connectivity index (χ0n) is 16.8. The molecule has 0 heterocycles. The maximum absolute atomic E-state index is 2.53. The van der Waals surface area contributed by atoms with Gasteiger partial charge in [0.2, 0.25) is 0 Å². The molecule has 0 aromatic heterocycles. The Labute approximate surface area is 146 Å². The van der Waals surface area contributed by atoms with Crippen molar-refractivity contribution < 1.29 is 0 Å². The molecule has 3 aliphatic rings. The molecule has 0 nitrogen and oxygen atoms in total. The topological polar surface area (TPSA) is 0 Å². The SMILES string of the molecule is CCC(C)C1CC1C(C)CCCCCC1C2CC12C(C)(C)CC. The van der Waals surface area contributed by atoms with Crippen LogP contribution < -0.4 is 0 Å². The predicted molar refractivity (Wildman–Crippen MR) is 101 cm³/mol. The van der Waals surface area contributed by atoms with E-state index in [0.717, 1.165) is 40.9 Å². The fourth-order valence-corrected chi connectivity index (χ4v) is 6.18. The van der Waals surface area contributed by atoms with E-state index in [1.807, 2.05) is 0 Å². The van der Waals surface area contributed by atoms with Crippen LogP contribution in [0.5, 0.6) is 0 Å². The van der Waals surface area contributed by atoms with Gasteiger partial charge in [0.15, 0.2) is 0 Å². The van der Waals surface area contributed by atoms with E-state index in [4.69, 9.17) is 0 Å². The summed E-state index contributed by atoms with van der Waals surface area (Å²) in [6.07, 6.45) is 13.4. The minimum atomic E-state index is 0.619. The van der Waals surface area contributed by atoms with Crippen molar-refractivity contribution in [1.82, 2.24) is 0 Å². The fourth-order valence-electron chi connectivity index (χ4n) is 6.18. The lowest BCUT2D eigenvalue weighted by Crippen LogP contribution is -2.21. The molecule has 0 saturated heterocycles. The van der Waals surface area contributed by atoms with Crippen LogP contribution in [-0.2, 0) is 0 Å². The van der Waals surface area contributed by atoms with Crippen molar-refractivity contribution in [3.8, 4) is 0 Å². The smallest absolute Gasteiger partial charge is 0.0181 e. The Morgan fingerprint density at radius 2 is 1.70 bits per heavy atom. The summed E-state index contributed by atoms with van der Waals surface area (Å²) in [5, 5.41) is 0. The number of hydrogen-bond donors (Lipinski definition) is 0. The maximum Gasteiger partial charge on any atom is -0.0181 e. The summed E-state index contributed by atoms with van der Waals surface area (Å²) in [6, 6.07) is 0.